The lowest BCUT2D eigenvalue weighted by Crippen LogP contribution is -2.54. The van der Waals surface area contributed by atoms with Crippen molar-refractivity contribution in [3.05, 3.63) is 59.7 Å². The van der Waals surface area contributed by atoms with Crippen LogP contribution in [-0.2, 0) is 16.8 Å². The molecule has 0 radical (unpaired) electrons. The second kappa shape index (κ2) is 15.1. The summed E-state index contributed by atoms with van der Waals surface area (Å²) in [6.45, 7) is 4.10. The zero-order valence-corrected chi connectivity index (χ0v) is 23.1. The Kier molecular flexibility index (Phi) is 11.9. The number of rotatable bonds is 14. The second-order valence-electron chi connectivity index (χ2n) is 10.1. The fourth-order valence-corrected chi connectivity index (χ4v) is 5.35. The summed E-state index contributed by atoms with van der Waals surface area (Å²) in [5.41, 5.74) is 0.664. The van der Waals surface area contributed by atoms with Gasteiger partial charge >= 0.3 is 6.03 Å². The molecule has 0 aliphatic carbocycles. The van der Waals surface area contributed by atoms with E-state index in [9.17, 15) is 15.0 Å². The lowest BCUT2D eigenvalue weighted by molar-refractivity contribution is -0.0575. The first kappa shape index (κ1) is 29.9. The molecule has 0 spiro atoms. The fourth-order valence-electron chi connectivity index (χ4n) is 5.35. The van der Waals surface area contributed by atoms with Gasteiger partial charge in [0.15, 0.2) is 0 Å². The Morgan fingerprint density at radius 1 is 1.16 bits per heavy atom. The third-order valence-corrected chi connectivity index (χ3v) is 7.47. The van der Waals surface area contributed by atoms with Gasteiger partial charge in [-0.3, -0.25) is 0 Å². The van der Waals surface area contributed by atoms with E-state index in [1.807, 2.05) is 42.5 Å². The van der Waals surface area contributed by atoms with Crippen LogP contribution in [0.3, 0.4) is 0 Å². The molecule has 8 nitrogen and oxygen atoms in total. The molecule has 0 saturated carbocycles. The van der Waals surface area contributed by atoms with Crippen LogP contribution in [0.2, 0.25) is 0 Å². The van der Waals surface area contributed by atoms with Crippen LogP contribution in [0.25, 0.3) is 0 Å². The maximum absolute atomic E-state index is 13.1. The number of likely N-dealkylation sites (tertiary alicyclic amines) is 1. The van der Waals surface area contributed by atoms with Gasteiger partial charge in [-0.25, -0.2) is 4.79 Å². The summed E-state index contributed by atoms with van der Waals surface area (Å²) in [5, 5.41) is 28.0. The van der Waals surface area contributed by atoms with Crippen molar-refractivity contribution in [2.24, 2.45) is 5.92 Å². The molecule has 1 fully saturated rings. The minimum Gasteiger partial charge on any atom is -0.457 e. The van der Waals surface area contributed by atoms with Gasteiger partial charge in [0.05, 0.1) is 18.2 Å². The van der Waals surface area contributed by atoms with Crippen molar-refractivity contribution in [1.82, 2.24) is 15.5 Å². The number of carbonyl (C=O) groups is 1. The van der Waals surface area contributed by atoms with E-state index in [2.05, 4.69) is 23.6 Å². The number of nitrogens with one attached hydrogen (secondary N) is 2. The van der Waals surface area contributed by atoms with Gasteiger partial charge in [-0.1, -0.05) is 43.3 Å². The molecule has 3 rings (SSSR count). The number of nitrogens with zero attached hydrogens (tertiary/aromatic N) is 1. The number of methoxy groups -OCH3 is 1. The van der Waals surface area contributed by atoms with Gasteiger partial charge in [-0.05, 0) is 63.3 Å². The summed E-state index contributed by atoms with van der Waals surface area (Å²) in [6, 6.07) is 15.1. The number of ether oxygens (including phenoxy) is 2. The van der Waals surface area contributed by atoms with Crippen LogP contribution in [0, 0.1) is 5.92 Å². The molecule has 0 aromatic heterocycles. The predicted molar refractivity (Wildman–Crippen MR) is 150 cm³/mol. The van der Waals surface area contributed by atoms with Gasteiger partial charge in [-0.15, -0.1) is 0 Å². The van der Waals surface area contributed by atoms with E-state index in [0.29, 0.717) is 38.4 Å². The number of aliphatic hydroxyl groups is 2. The number of amides is 2. The molecular formula is C30H45N3O5. The monoisotopic (exact) mass is 527 g/mol. The number of urea groups is 1. The summed E-state index contributed by atoms with van der Waals surface area (Å²) >= 11 is 0. The second-order valence-corrected chi connectivity index (χ2v) is 10.1. The third-order valence-electron chi connectivity index (χ3n) is 7.47. The van der Waals surface area contributed by atoms with Crippen LogP contribution < -0.4 is 15.4 Å². The number of aryl methyl sites for hydroxylation is 1. The predicted octanol–water partition coefficient (Wildman–Crippen LogP) is 4.05. The molecular weight excluding hydrogens is 482 g/mol. The average molecular weight is 528 g/mol. The molecule has 210 valence electrons. The van der Waals surface area contributed by atoms with E-state index in [4.69, 9.17) is 9.47 Å². The van der Waals surface area contributed by atoms with E-state index >= 15 is 0 Å². The van der Waals surface area contributed by atoms with E-state index in [1.165, 1.54) is 0 Å². The standard InChI is InChI=1S/C30H45N3O5/c1-4-23-12-5-7-15-27(23)38-28-16-8-6-14-26(28)30(36,17-9-10-19-37-3)24-13-11-18-33(21-24)29(35)32-25(22-34)20-31-2/h5-8,12,14-16,24-25,31,34,36H,4,9-11,13,17-22H2,1-3H3,(H,32,35). The largest absolute Gasteiger partial charge is 0.457 e. The van der Waals surface area contributed by atoms with Crippen LogP contribution in [0.5, 0.6) is 11.5 Å². The minimum atomic E-state index is -1.19. The highest BCUT2D eigenvalue weighted by Gasteiger charge is 2.43. The average Bonchev–Trinajstić information content (AvgIpc) is 2.95. The summed E-state index contributed by atoms with van der Waals surface area (Å²) in [5.74, 6) is 1.25. The molecule has 8 heteroatoms. The normalized spacial score (nSPS) is 18.0. The highest BCUT2D eigenvalue weighted by atomic mass is 16.5. The molecule has 3 unspecified atom stereocenters. The fraction of sp³-hybridized carbons (Fsp3) is 0.567. The summed E-state index contributed by atoms with van der Waals surface area (Å²) < 4.78 is 11.7. The Hall–Kier alpha value is -2.65. The van der Waals surface area contributed by atoms with Crippen molar-refractivity contribution in [2.75, 3.05) is 47.0 Å². The van der Waals surface area contributed by atoms with E-state index in [1.54, 1.807) is 19.1 Å². The first-order valence-corrected chi connectivity index (χ1v) is 13.8. The Bertz CT molecular complexity index is 1000. The zero-order chi connectivity index (χ0) is 27.4. The molecule has 1 saturated heterocycles. The van der Waals surface area contributed by atoms with Crippen molar-refractivity contribution in [3.8, 4) is 11.5 Å². The Balaban J connectivity index is 1.90. The molecule has 1 aliphatic heterocycles. The van der Waals surface area contributed by atoms with Crippen LogP contribution in [0.4, 0.5) is 4.79 Å². The number of hydrogen-bond acceptors (Lipinski definition) is 6. The lowest BCUT2D eigenvalue weighted by Gasteiger charge is -2.43. The first-order valence-electron chi connectivity index (χ1n) is 13.8. The van der Waals surface area contributed by atoms with Crippen molar-refractivity contribution in [2.45, 2.75) is 57.1 Å². The quantitative estimate of drug-likeness (QED) is 0.277. The van der Waals surface area contributed by atoms with Crippen LogP contribution in [0.15, 0.2) is 48.5 Å². The molecule has 1 heterocycles. The first-order chi connectivity index (χ1) is 18.5. The van der Waals surface area contributed by atoms with Gasteiger partial charge in [0.2, 0.25) is 0 Å². The van der Waals surface area contributed by atoms with E-state index < -0.39 is 5.60 Å². The summed E-state index contributed by atoms with van der Waals surface area (Å²) in [4.78, 5) is 14.8. The number of unbranched alkanes of at least 4 members (excludes halogenated alkanes) is 1. The summed E-state index contributed by atoms with van der Waals surface area (Å²) in [7, 11) is 3.47. The molecule has 4 N–H and O–H groups in total. The number of aliphatic hydroxyl groups excluding tert-OH is 1. The molecule has 1 aliphatic rings. The molecule has 2 amide bonds. The van der Waals surface area contributed by atoms with Gasteiger partial charge in [0, 0.05) is 44.8 Å². The Morgan fingerprint density at radius 2 is 1.89 bits per heavy atom. The van der Waals surface area contributed by atoms with E-state index in [-0.39, 0.29) is 24.6 Å². The Labute approximate surface area is 227 Å². The van der Waals surface area contributed by atoms with Crippen molar-refractivity contribution in [1.29, 1.82) is 0 Å². The molecule has 2 aromatic rings. The van der Waals surface area contributed by atoms with Crippen LogP contribution in [-0.4, -0.2) is 74.2 Å². The maximum atomic E-state index is 13.1. The van der Waals surface area contributed by atoms with Crippen molar-refractivity contribution < 1.29 is 24.5 Å². The Morgan fingerprint density at radius 3 is 2.61 bits per heavy atom. The lowest BCUT2D eigenvalue weighted by atomic mass is 9.73. The highest BCUT2D eigenvalue weighted by Crippen LogP contribution is 2.44. The number of piperidine rings is 1. The van der Waals surface area contributed by atoms with Gasteiger partial charge in [0.1, 0.15) is 11.5 Å². The number of hydrogen-bond donors (Lipinski definition) is 4. The smallest absolute Gasteiger partial charge is 0.317 e. The number of para-hydroxylation sites is 2. The SMILES string of the molecule is CCc1ccccc1Oc1ccccc1C(O)(CCCCOC)C1CCCN(C(=O)NC(CO)CNC)C1. The molecule has 0 bridgehead atoms. The highest BCUT2D eigenvalue weighted by molar-refractivity contribution is 5.74. The third kappa shape index (κ3) is 7.69. The van der Waals surface area contributed by atoms with E-state index in [0.717, 1.165) is 49.0 Å². The van der Waals surface area contributed by atoms with Gasteiger partial charge in [0.25, 0.3) is 0 Å². The van der Waals surface area contributed by atoms with Crippen molar-refractivity contribution >= 4 is 6.03 Å². The molecule has 2 aromatic carbocycles. The number of likely N-dealkylation sites (N-methyl/N-ethyl adjacent to an activating group) is 1. The van der Waals surface area contributed by atoms with Gasteiger partial charge in [-0.2, -0.15) is 0 Å². The number of carbonyl (C=O) groups excluding carboxylic acids is 1. The topological polar surface area (TPSA) is 103 Å². The van der Waals surface area contributed by atoms with Gasteiger partial charge < -0.3 is 35.2 Å². The van der Waals surface area contributed by atoms with Crippen LogP contribution in [0.1, 0.15) is 50.2 Å². The van der Waals surface area contributed by atoms with Crippen LogP contribution >= 0.6 is 0 Å². The molecule has 3 atom stereocenters. The maximum Gasteiger partial charge on any atom is 0.317 e. The van der Waals surface area contributed by atoms with Crippen molar-refractivity contribution in [3.63, 3.8) is 0 Å². The summed E-state index contributed by atoms with van der Waals surface area (Å²) in [6.07, 6.45) is 4.57. The number of benzene rings is 2. The minimum absolute atomic E-state index is 0.142. The zero-order valence-electron chi connectivity index (χ0n) is 23.1. The molecule has 38 heavy (non-hydrogen) atoms.